The van der Waals surface area contributed by atoms with Crippen LogP contribution in [0.5, 0.6) is 0 Å². The molecule has 96 valence electrons. The van der Waals surface area contributed by atoms with Crippen molar-refractivity contribution >= 4 is 11.7 Å². The van der Waals surface area contributed by atoms with Crippen LogP contribution < -0.4 is 5.73 Å². The average Bonchev–Trinajstić information content (AvgIpc) is 2.47. The standard InChI is InChI=1S/C15H9N3O2/c16-7-9-1-3-10(4-2-9)13-12(15(19)20)6-5-11(8-17)14(13)18/h1-6H,18H2,(H,19,20). The van der Waals surface area contributed by atoms with Gasteiger partial charge in [0.25, 0.3) is 0 Å². The minimum absolute atomic E-state index is 0.0196. The number of rotatable bonds is 2. The van der Waals surface area contributed by atoms with E-state index in [1.54, 1.807) is 24.3 Å². The summed E-state index contributed by atoms with van der Waals surface area (Å²) in [5.74, 6) is -1.12. The fraction of sp³-hybridized carbons (Fsp3) is 0. The summed E-state index contributed by atoms with van der Waals surface area (Å²) in [4.78, 5) is 11.3. The summed E-state index contributed by atoms with van der Waals surface area (Å²) in [7, 11) is 0. The Kier molecular flexibility index (Phi) is 3.37. The maximum Gasteiger partial charge on any atom is 0.336 e. The van der Waals surface area contributed by atoms with Crippen LogP contribution in [0.2, 0.25) is 0 Å². The first-order valence-electron chi connectivity index (χ1n) is 5.65. The Morgan fingerprint density at radius 2 is 1.70 bits per heavy atom. The van der Waals surface area contributed by atoms with Gasteiger partial charge in [0, 0.05) is 5.56 Å². The Hall–Kier alpha value is -3.31. The van der Waals surface area contributed by atoms with E-state index in [-0.39, 0.29) is 16.8 Å². The highest BCUT2D eigenvalue weighted by Crippen LogP contribution is 2.32. The number of carboxylic acid groups (broad SMARTS) is 1. The largest absolute Gasteiger partial charge is 0.478 e. The molecule has 0 heterocycles. The topological polar surface area (TPSA) is 111 Å². The lowest BCUT2D eigenvalue weighted by Crippen LogP contribution is -2.04. The summed E-state index contributed by atoms with van der Waals surface area (Å²) in [5.41, 5.74) is 7.55. The fourth-order valence-electron chi connectivity index (χ4n) is 1.92. The van der Waals surface area contributed by atoms with Gasteiger partial charge in [-0.2, -0.15) is 10.5 Å². The monoisotopic (exact) mass is 263 g/mol. The minimum Gasteiger partial charge on any atom is -0.478 e. The molecule has 0 saturated carbocycles. The van der Waals surface area contributed by atoms with Crippen LogP contribution in [-0.2, 0) is 0 Å². The number of nitrogen functional groups attached to an aromatic ring is 1. The first-order valence-corrected chi connectivity index (χ1v) is 5.65. The number of anilines is 1. The van der Waals surface area contributed by atoms with Gasteiger partial charge in [-0.1, -0.05) is 12.1 Å². The zero-order chi connectivity index (χ0) is 14.7. The minimum atomic E-state index is -1.12. The van der Waals surface area contributed by atoms with E-state index in [1.807, 2.05) is 12.1 Å². The third kappa shape index (κ3) is 2.16. The number of carboxylic acids is 1. The van der Waals surface area contributed by atoms with Crippen LogP contribution >= 0.6 is 0 Å². The maximum atomic E-state index is 11.3. The lowest BCUT2D eigenvalue weighted by atomic mass is 9.94. The maximum absolute atomic E-state index is 11.3. The van der Waals surface area contributed by atoms with Gasteiger partial charge in [0.2, 0.25) is 0 Å². The van der Waals surface area contributed by atoms with E-state index in [2.05, 4.69) is 0 Å². The first-order chi connectivity index (χ1) is 9.58. The predicted molar refractivity (Wildman–Crippen MR) is 72.7 cm³/mol. The molecule has 0 spiro atoms. The van der Waals surface area contributed by atoms with E-state index < -0.39 is 5.97 Å². The summed E-state index contributed by atoms with van der Waals surface area (Å²) >= 11 is 0. The van der Waals surface area contributed by atoms with Gasteiger partial charge in [0.05, 0.1) is 28.4 Å². The number of hydrogen-bond donors (Lipinski definition) is 2. The molecular weight excluding hydrogens is 254 g/mol. The van der Waals surface area contributed by atoms with Crippen molar-refractivity contribution in [1.29, 1.82) is 10.5 Å². The summed E-state index contributed by atoms with van der Waals surface area (Å²) in [5, 5.41) is 27.0. The van der Waals surface area contributed by atoms with Crippen molar-refractivity contribution in [2.45, 2.75) is 0 Å². The van der Waals surface area contributed by atoms with Crippen LogP contribution in [0.3, 0.4) is 0 Å². The Labute approximate surface area is 115 Å². The fourth-order valence-corrected chi connectivity index (χ4v) is 1.92. The number of nitrogens with zero attached hydrogens (tertiary/aromatic N) is 2. The van der Waals surface area contributed by atoms with Crippen molar-refractivity contribution in [3.63, 3.8) is 0 Å². The second kappa shape index (κ2) is 5.13. The van der Waals surface area contributed by atoms with Crippen molar-refractivity contribution < 1.29 is 9.90 Å². The third-order valence-electron chi connectivity index (χ3n) is 2.90. The van der Waals surface area contributed by atoms with E-state index >= 15 is 0 Å². The molecule has 2 aromatic rings. The molecular formula is C15H9N3O2. The number of benzene rings is 2. The van der Waals surface area contributed by atoms with Gasteiger partial charge < -0.3 is 10.8 Å². The molecule has 20 heavy (non-hydrogen) atoms. The molecule has 5 heteroatoms. The highest BCUT2D eigenvalue weighted by Gasteiger charge is 2.17. The van der Waals surface area contributed by atoms with Crippen LogP contribution in [-0.4, -0.2) is 11.1 Å². The normalized spacial score (nSPS) is 9.50. The summed E-state index contributed by atoms with van der Waals surface area (Å²) in [6.07, 6.45) is 0. The Balaban J connectivity index is 2.73. The molecule has 0 aromatic heterocycles. The second-order valence-electron chi connectivity index (χ2n) is 4.06. The van der Waals surface area contributed by atoms with Gasteiger partial charge in [0.15, 0.2) is 0 Å². The number of nitriles is 2. The summed E-state index contributed by atoms with van der Waals surface area (Å²) < 4.78 is 0. The van der Waals surface area contributed by atoms with Crippen LogP contribution in [0.15, 0.2) is 36.4 Å². The van der Waals surface area contributed by atoms with Gasteiger partial charge in [-0.3, -0.25) is 0 Å². The van der Waals surface area contributed by atoms with Crippen molar-refractivity contribution in [1.82, 2.24) is 0 Å². The molecule has 0 radical (unpaired) electrons. The van der Waals surface area contributed by atoms with E-state index in [1.165, 1.54) is 12.1 Å². The lowest BCUT2D eigenvalue weighted by molar-refractivity contribution is 0.0698. The Morgan fingerprint density at radius 1 is 1.05 bits per heavy atom. The molecule has 0 aliphatic heterocycles. The predicted octanol–water partition coefficient (Wildman–Crippen LogP) is 2.38. The van der Waals surface area contributed by atoms with Gasteiger partial charge in [0.1, 0.15) is 6.07 Å². The molecule has 3 N–H and O–H groups in total. The van der Waals surface area contributed by atoms with Crippen molar-refractivity contribution in [2.24, 2.45) is 0 Å². The molecule has 5 nitrogen and oxygen atoms in total. The van der Waals surface area contributed by atoms with E-state index in [0.717, 1.165) is 0 Å². The first kappa shape index (κ1) is 13.1. The molecule has 0 bridgehead atoms. The molecule has 2 rings (SSSR count). The van der Waals surface area contributed by atoms with E-state index in [9.17, 15) is 9.90 Å². The highest BCUT2D eigenvalue weighted by atomic mass is 16.4. The number of aromatic carboxylic acids is 1. The van der Waals surface area contributed by atoms with Crippen LogP contribution in [0.25, 0.3) is 11.1 Å². The summed E-state index contributed by atoms with van der Waals surface area (Å²) in [6, 6.07) is 13.0. The smallest absolute Gasteiger partial charge is 0.336 e. The molecule has 0 aliphatic carbocycles. The number of carbonyl (C=O) groups is 1. The van der Waals surface area contributed by atoms with Crippen molar-refractivity contribution in [3.05, 3.63) is 53.1 Å². The quantitative estimate of drug-likeness (QED) is 0.808. The van der Waals surface area contributed by atoms with Gasteiger partial charge in [-0.25, -0.2) is 4.79 Å². The van der Waals surface area contributed by atoms with Gasteiger partial charge in [-0.15, -0.1) is 0 Å². The van der Waals surface area contributed by atoms with E-state index in [0.29, 0.717) is 16.7 Å². The van der Waals surface area contributed by atoms with E-state index in [4.69, 9.17) is 16.3 Å². The SMILES string of the molecule is N#Cc1ccc(-c2c(C(=O)O)ccc(C#N)c2N)cc1. The molecule has 0 amide bonds. The lowest BCUT2D eigenvalue weighted by Gasteiger charge is -2.11. The van der Waals surface area contributed by atoms with Crippen LogP contribution in [0, 0.1) is 22.7 Å². The van der Waals surface area contributed by atoms with Gasteiger partial charge >= 0.3 is 5.97 Å². The zero-order valence-corrected chi connectivity index (χ0v) is 10.3. The number of nitrogens with two attached hydrogens (primary N) is 1. The van der Waals surface area contributed by atoms with Crippen LogP contribution in [0.1, 0.15) is 21.5 Å². The third-order valence-corrected chi connectivity index (χ3v) is 2.90. The molecule has 0 aliphatic rings. The number of hydrogen-bond acceptors (Lipinski definition) is 4. The molecule has 0 fully saturated rings. The molecule has 0 atom stereocenters. The zero-order valence-electron chi connectivity index (χ0n) is 10.3. The molecule has 2 aromatic carbocycles. The van der Waals surface area contributed by atoms with Crippen molar-refractivity contribution in [2.75, 3.05) is 5.73 Å². The highest BCUT2D eigenvalue weighted by molar-refractivity contribution is 6.00. The molecule has 0 saturated heterocycles. The second-order valence-corrected chi connectivity index (χ2v) is 4.06. The Morgan fingerprint density at radius 3 is 2.20 bits per heavy atom. The Bertz CT molecular complexity index is 765. The van der Waals surface area contributed by atoms with Crippen LogP contribution in [0.4, 0.5) is 5.69 Å². The average molecular weight is 263 g/mol. The van der Waals surface area contributed by atoms with Gasteiger partial charge in [-0.05, 0) is 29.8 Å². The molecule has 0 unspecified atom stereocenters. The van der Waals surface area contributed by atoms with Crippen molar-refractivity contribution in [3.8, 4) is 23.3 Å². The summed E-state index contributed by atoms with van der Waals surface area (Å²) in [6.45, 7) is 0.